The van der Waals surface area contributed by atoms with E-state index in [0.717, 1.165) is 22.0 Å². The quantitative estimate of drug-likeness (QED) is 0.671. The molecule has 0 saturated carbocycles. The molecule has 1 heterocycles. The van der Waals surface area contributed by atoms with Crippen LogP contribution in [0.25, 0.3) is 10.9 Å². The van der Waals surface area contributed by atoms with E-state index in [0.29, 0.717) is 24.2 Å². The Morgan fingerprint density at radius 3 is 2.68 bits per heavy atom. The summed E-state index contributed by atoms with van der Waals surface area (Å²) in [6.45, 7) is 2.53. The van der Waals surface area contributed by atoms with Gasteiger partial charge >= 0.3 is 0 Å². The Balaban J connectivity index is 1.61. The second kappa shape index (κ2) is 7.21. The van der Waals surface area contributed by atoms with E-state index in [1.165, 1.54) is 0 Å². The third-order valence-corrected chi connectivity index (χ3v) is 4.14. The van der Waals surface area contributed by atoms with E-state index in [2.05, 4.69) is 15.6 Å². The number of rotatable bonds is 5. The van der Waals surface area contributed by atoms with E-state index in [9.17, 15) is 9.59 Å². The second-order valence-electron chi connectivity index (χ2n) is 6.06. The fourth-order valence-corrected chi connectivity index (χ4v) is 2.79. The number of benzene rings is 2. The van der Waals surface area contributed by atoms with Crippen LogP contribution in [-0.4, -0.2) is 30.4 Å². The molecule has 25 heavy (non-hydrogen) atoms. The van der Waals surface area contributed by atoms with Crippen LogP contribution in [0.15, 0.2) is 48.5 Å². The van der Waals surface area contributed by atoms with Crippen molar-refractivity contribution in [2.24, 2.45) is 0 Å². The third-order valence-electron chi connectivity index (χ3n) is 4.14. The van der Waals surface area contributed by atoms with E-state index >= 15 is 0 Å². The lowest BCUT2D eigenvalue weighted by Gasteiger charge is -2.06. The summed E-state index contributed by atoms with van der Waals surface area (Å²) < 4.78 is 0. The molecule has 5 nitrogen and oxygen atoms in total. The number of aromatic nitrogens is 1. The van der Waals surface area contributed by atoms with Crippen LogP contribution in [0.1, 0.15) is 32.0 Å². The number of nitrogens with one attached hydrogen (secondary N) is 3. The minimum absolute atomic E-state index is 0.112. The van der Waals surface area contributed by atoms with Crippen LogP contribution in [0.2, 0.25) is 0 Å². The zero-order valence-corrected chi connectivity index (χ0v) is 14.3. The van der Waals surface area contributed by atoms with E-state index in [4.69, 9.17) is 0 Å². The Hall–Kier alpha value is -3.08. The van der Waals surface area contributed by atoms with E-state index in [1.807, 2.05) is 49.4 Å². The molecule has 0 fully saturated rings. The Labute approximate surface area is 146 Å². The first kappa shape index (κ1) is 16.8. The standard InChI is InChI=1S/C20H21N3O2/c1-13-6-7-15-12-18(23-17(15)10-13)20(25)22-9-8-14-4-3-5-16(11-14)19(24)21-2/h3-7,10-12,23H,8-9H2,1-2H3,(H,21,24)(H,22,25). The Bertz CT molecular complexity index is 928. The van der Waals surface area contributed by atoms with Crippen molar-refractivity contribution in [2.45, 2.75) is 13.3 Å². The molecule has 0 unspecified atom stereocenters. The molecule has 0 saturated heterocycles. The molecular weight excluding hydrogens is 314 g/mol. The van der Waals surface area contributed by atoms with Crippen molar-refractivity contribution in [2.75, 3.05) is 13.6 Å². The monoisotopic (exact) mass is 335 g/mol. The van der Waals surface area contributed by atoms with Crippen LogP contribution < -0.4 is 10.6 Å². The van der Waals surface area contributed by atoms with Gasteiger partial charge in [0, 0.05) is 30.1 Å². The Kier molecular flexibility index (Phi) is 4.84. The zero-order chi connectivity index (χ0) is 17.8. The molecule has 0 bridgehead atoms. The summed E-state index contributed by atoms with van der Waals surface area (Å²) in [6.07, 6.45) is 0.663. The summed E-state index contributed by atoms with van der Waals surface area (Å²) in [5.41, 5.74) is 4.30. The zero-order valence-electron chi connectivity index (χ0n) is 14.3. The molecule has 0 aliphatic rings. The predicted octanol–water partition coefficient (Wildman–Crippen LogP) is 2.81. The van der Waals surface area contributed by atoms with Crippen molar-refractivity contribution in [3.63, 3.8) is 0 Å². The average Bonchev–Trinajstić information content (AvgIpc) is 3.04. The van der Waals surface area contributed by atoms with Gasteiger partial charge in [-0.15, -0.1) is 0 Å². The van der Waals surface area contributed by atoms with Crippen molar-refractivity contribution in [3.05, 3.63) is 70.9 Å². The van der Waals surface area contributed by atoms with Gasteiger partial charge in [0.15, 0.2) is 0 Å². The maximum atomic E-state index is 12.3. The van der Waals surface area contributed by atoms with Crippen molar-refractivity contribution in [1.29, 1.82) is 0 Å². The molecule has 3 N–H and O–H groups in total. The number of carbonyl (C=O) groups is 2. The fourth-order valence-electron chi connectivity index (χ4n) is 2.79. The van der Waals surface area contributed by atoms with Gasteiger partial charge in [-0.05, 0) is 48.7 Å². The molecular formula is C20H21N3O2. The summed E-state index contributed by atoms with van der Waals surface area (Å²) in [4.78, 5) is 27.1. The molecule has 0 radical (unpaired) electrons. The maximum Gasteiger partial charge on any atom is 0.267 e. The van der Waals surface area contributed by atoms with Gasteiger partial charge in [-0.3, -0.25) is 9.59 Å². The van der Waals surface area contributed by atoms with Gasteiger partial charge in [0.2, 0.25) is 0 Å². The van der Waals surface area contributed by atoms with Gasteiger partial charge in [0.1, 0.15) is 5.69 Å². The molecule has 0 aliphatic carbocycles. The van der Waals surface area contributed by atoms with Crippen LogP contribution in [0.3, 0.4) is 0 Å². The molecule has 5 heteroatoms. The SMILES string of the molecule is CNC(=O)c1cccc(CCNC(=O)c2cc3ccc(C)cc3[nH]2)c1. The fraction of sp³-hybridized carbons (Fsp3) is 0.200. The van der Waals surface area contributed by atoms with Gasteiger partial charge in [-0.1, -0.05) is 24.3 Å². The summed E-state index contributed by atoms with van der Waals surface area (Å²) >= 11 is 0. The number of H-pyrrole nitrogens is 1. The van der Waals surface area contributed by atoms with Gasteiger partial charge in [-0.2, -0.15) is 0 Å². The highest BCUT2D eigenvalue weighted by atomic mass is 16.2. The molecule has 0 aliphatic heterocycles. The van der Waals surface area contributed by atoms with Crippen LogP contribution in [0, 0.1) is 6.92 Å². The van der Waals surface area contributed by atoms with E-state index in [-0.39, 0.29) is 11.8 Å². The molecule has 128 valence electrons. The Morgan fingerprint density at radius 1 is 1.04 bits per heavy atom. The average molecular weight is 335 g/mol. The minimum Gasteiger partial charge on any atom is -0.355 e. The minimum atomic E-state index is -0.128. The number of fused-ring (bicyclic) bond motifs is 1. The van der Waals surface area contributed by atoms with Crippen LogP contribution in [-0.2, 0) is 6.42 Å². The highest BCUT2D eigenvalue weighted by Gasteiger charge is 2.09. The lowest BCUT2D eigenvalue weighted by molar-refractivity contribution is 0.0945. The normalized spacial score (nSPS) is 10.6. The highest BCUT2D eigenvalue weighted by Crippen LogP contribution is 2.16. The van der Waals surface area contributed by atoms with Gasteiger partial charge < -0.3 is 15.6 Å². The number of amides is 2. The van der Waals surface area contributed by atoms with Crippen molar-refractivity contribution >= 4 is 22.7 Å². The van der Waals surface area contributed by atoms with Crippen LogP contribution in [0.5, 0.6) is 0 Å². The predicted molar refractivity (Wildman–Crippen MR) is 98.9 cm³/mol. The largest absolute Gasteiger partial charge is 0.355 e. The molecule has 0 atom stereocenters. The highest BCUT2D eigenvalue weighted by molar-refractivity contribution is 5.98. The van der Waals surface area contributed by atoms with Gasteiger partial charge in [0.25, 0.3) is 11.8 Å². The van der Waals surface area contributed by atoms with Gasteiger partial charge in [-0.25, -0.2) is 0 Å². The van der Waals surface area contributed by atoms with Gasteiger partial charge in [0.05, 0.1) is 0 Å². The first-order chi connectivity index (χ1) is 12.1. The maximum absolute atomic E-state index is 12.3. The first-order valence-corrected chi connectivity index (χ1v) is 8.25. The van der Waals surface area contributed by atoms with Crippen LogP contribution in [0.4, 0.5) is 0 Å². The smallest absolute Gasteiger partial charge is 0.267 e. The molecule has 2 aromatic carbocycles. The molecule has 3 aromatic rings. The third kappa shape index (κ3) is 3.88. The van der Waals surface area contributed by atoms with Crippen molar-refractivity contribution in [1.82, 2.24) is 15.6 Å². The molecule has 1 aromatic heterocycles. The van der Waals surface area contributed by atoms with E-state index in [1.54, 1.807) is 13.1 Å². The number of carbonyl (C=O) groups excluding carboxylic acids is 2. The lowest BCUT2D eigenvalue weighted by atomic mass is 10.1. The molecule has 2 amide bonds. The Morgan fingerprint density at radius 2 is 1.88 bits per heavy atom. The summed E-state index contributed by atoms with van der Waals surface area (Å²) in [5.74, 6) is -0.240. The molecule has 3 rings (SSSR count). The number of aromatic amines is 1. The summed E-state index contributed by atoms with van der Waals surface area (Å²) in [6, 6.07) is 15.3. The van der Waals surface area contributed by atoms with E-state index < -0.39 is 0 Å². The lowest BCUT2D eigenvalue weighted by Crippen LogP contribution is -2.26. The number of hydrogen-bond donors (Lipinski definition) is 3. The summed E-state index contributed by atoms with van der Waals surface area (Å²) in [7, 11) is 1.61. The first-order valence-electron chi connectivity index (χ1n) is 8.25. The van der Waals surface area contributed by atoms with Crippen LogP contribution >= 0.6 is 0 Å². The molecule has 0 spiro atoms. The number of aryl methyl sites for hydroxylation is 1. The topological polar surface area (TPSA) is 74.0 Å². The van der Waals surface area contributed by atoms with Crippen molar-refractivity contribution < 1.29 is 9.59 Å². The second-order valence-corrected chi connectivity index (χ2v) is 6.06. The summed E-state index contributed by atoms with van der Waals surface area (Å²) in [5, 5.41) is 6.55. The van der Waals surface area contributed by atoms with Crippen molar-refractivity contribution in [3.8, 4) is 0 Å². The number of hydrogen-bond acceptors (Lipinski definition) is 2.